The Labute approximate surface area is 85.5 Å². The average molecular weight is 194 g/mol. The zero-order chi connectivity index (χ0) is 10.2. The van der Waals surface area contributed by atoms with E-state index in [4.69, 9.17) is 4.74 Å². The van der Waals surface area contributed by atoms with Crippen molar-refractivity contribution < 1.29 is 4.74 Å². The summed E-state index contributed by atoms with van der Waals surface area (Å²) in [7, 11) is 1.96. The highest BCUT2D eigenvalue weighted by molar-refractivity contribution is 5.15. The average Bonchev–Trinajstić information content (AvgIpc) is 2.20. The fourth-order valence-corrected chi connectivity index (χ4v) is 1.27. The molecular weight excluding hydrogens is 176 g/mol. The van der Waals surface area contributed by atoms with Crippen LogP contribution in [0.15, 0.2) is 24.5 Å². The first-order valence-corrected chi connectivity index (χ1v) is 5.04. The minimum Gasteiger partial charge on any atom is -0.489 e. The Morgan fingerprint density at radius 3 is 3.07 bits per heavy atom. The SMILES string of the molecule is CNCCCC(C)Oc1cccnc1. The molecule has 14 heavy (non-hydrogen) atoms. The molecule has 0 aliphatic rings. The lowest BCUT2D eigenvalue weighted by molar-refractivity contribution is 0.207. The number of ether oxygens (including phenoxy) is 1. The third kappa shape index (κ3) is 4.23. The molecule has 3 heteroatoms. The van der Waals surface area contributed by atoms with Crippen LogP contribution < -0.4 is 10.1 Å². The zero-order valence-corrected chi connectivity index (χ0v) is 8.86. The van der Waals surface area contributed by atoms with Crippen LogP contribution in [0.1, 0.15) is 19.8 Å². The number of pyridine rings is 1. The second kappa shape index (κ2) is 6.38. The van der Waals surface area contributed by atoms with E-state index in [0.29, 0.717) is 0 Å². The molecule has 1 unspecified atom stereocenters. The lowest BCUT2D eigenvalue weighted by Gasteiger charge is -2.13. The second-order valence-electron chi connectivity index (χ2n) is 3.36. The van der Waals surface area contributed by atoms with Crippen LogP contribution in [0.25, 0.3) is 0 Å². The van der Waals surface area contributed by atoms with E-state index in [0.717, 1.165) is 25.1 Å². The third-order valence-corrected chi connectivity index (χ3v) is 2.01. The number of nitrogens with one attached hydrogen (secondary N) is 1. The van der Waals surface area contributed by atoms with Crippen LogP contribution in [0, 0.1) is 0 Å². The summed E-state index contributed by atoms with van der Waals surface area (Å²) in [6, 6.07) is 3.82. The van der Waals surface area contributed by atoms with E-state index in [1.807, 2.05) is 19.2 Å². The first-order valence-electron chi connectivity index (χ1n) is 5.04. The molecule has 0 saturated heterocycles. The standard InChI is InChI=1S/C11H18N2O/c1-10(5-3-7-12-2)14-11-6-4-8-13-9-11/h4,6,8-10,12H,3,5,7H2,1-2H3. The molecule has 0 bridgehead atoms. The van der Waals surface area contributed by atoms with E-state index in [1.54, 1.807) is 12.4 Å². The third-order valence-electron chi connectivity index (χ3n) is 2.01. The van der Waals surface area contributed by atoms with Crippen molar-refractivity contribution in [2.75, 3.05) is 13.6 Å². The van der Waals surface area contributed by atoms with Gasteiger partial charge in [0.1, 0.15) is 5.75 Å². The first-order chi connectivity index (χ1) is 6.83. The van der Waals surface area contributed by atoms with Gasteiger partial charge in [-0.2, -0.15) is 0 Å². The fourth-order valence-electron chi connectivity index (χ4n) is 1.27. The van der Waals surface area contributed by atoms with Crippen molar-refractivity contribution in [1.29, 1.82) is 0 Å². The highest BCUT2D eigenvalue weighted by Gasteiger charge is 2.02. The lowest BCUT2D eigenvalue weighted by Crippen LogP contribution is -2.15. The molecule has 0 aliphatic carbocycles. The highest BCUT2D eigenvalue weighted by Crippen LogP contribution is 2.11. The Bertz CT molecular complexity index is 238. The van der Waals surface area contributed by atoms with Crippen LogP contribution in [0.2, 0.25) is 0 Å². The maximum Gasteiger partial charge on any atom is 0.137 e. The predicted octanol–water partition coefficient (Wildman–Crippen LogP) is 1.85. The van der Waals surface area contributed by atoms with E-state index in [9.17, 15) is 0 Å². The molecule has 1 N–H and O–H groups in total. The predicted molar refractivity (Wildman–Crippen MR) is 57.5 cm³/mol. The quantitative estimate of drug-likeness (QED) is 0.702. The maximum atomic E-state index is 5.67. The Hall–Kier alpha value is -1.09. The lowest BCUT2D eigenvalue weighted by atomic mass is 10.2. The van der Waals surface area contributed by atoms with Gasteiger partial charge in [0.25, 0.3) is 0 Å². The van der Waals surface area contributed by atoms with Gasteiger partial charge in [0.05, 0.1) is 12.3 Å². The topological polar surface area (TPSA) is 34.1 Å². The van der Waals surface area contributed by atoms with Gasteiger partial charge in [0, 0.05) is 6.20 Å². The summed E-state index contributed by atoms with van der Waals surface area (Å²) in [6.07, 6.45) is 5.95. The van der Waals surface area contributed by atoms with Gasteiger partial charge in [-0.3, -0.25) is 4.98 Å². The smallest absolute Gasteiger partial charge is 0.137 e. The van der Waals surface area contributed by atoms with Crippen LogP contribution in [-0.2, 0) is 0 Å². The molecule has 0 fully saturated rings. The molecule has 1 heterocycles. The van der Waals surface area contributed by atoms with Crippen LogP contribution in [-0.4, -0.2) is 24.7 Å². The van der Waals surface area contributed by atoms with E-state index in [-0.39, 0.29) is 6.10 Å². The molecule has 0 aromatic carbocycles. The number of aromatic nitrogens is 1. The van der Waals surface area contributed by atoms with E-state index < -0.39 is 0 Å². The molecular formula is C11H18N2O. The molecule has 0 radical (unpaired) electrons. The molecule has 0 amide bonds. The highest BCUT2D eigenvalue weighted by atomic mass is 16.5. The second-order valence-corrected chi connectivity index (χ2v) is 3.36. The normalized spacial score (nSPS) is 12.4. The molecule has 78 valence electrons. The van der Waals surface area contributed by atoms with E-state index in [2.05, 4.69) is 17.2 Å². The van der Waals surface area contributed by atoms with Crippen LogP contribution in [0.4, 0.5) is 0 Å². The van der Waals surface area contributed by atoms with Crippen LogP contribution in [0.5, 0.6) is 5.75 Å². The molecule has 1 aromatic rings. The summed E-state index contributed by atoms with van der Waals surface area (Å²) in [6.45, 7) is 3.13. The van der Waals surface area contributed by atoms with Gasteiger partial charge in [-0.05, 0) is 45.5 Å². The zero-order valence-electron chi connectivity index (χ0n) is 8.86. The van der Waals surface area contributed by atoms with Crippen molar-refractivity contribution in [3.8, 4) is 5.75 Å². The summed E-state index contributed by atoms with van der Waals surface area (Å²) in [5.41, 5.74) is 0. The van der Waals surface area contributed by atoms with Crippen molar-refractivity contribution in [3.05, 3.63) is 24.5 Å². The van der Waals surface area contributed by atoms with Crippen molar-refractivity contribution in [3.63, 3.8) is 0 Å². The van der Waals surface area contributed by atoms with E-state index >= 15 is 0 Å². The van der Waals surface area contributed by atoms with Crippen molar-refractivity contribution in [2.24, 2.45) is 0 Å². The summed E-state index contributed by atoms with van der Waals surface area (Å²) in [5.74, 6) is 0.851. The molecule has 0 aliphatic heterocycles. The van der Waals surface area contributed by atoms with Crippen LogP contribution >= 0.6 is 0 Å². The number of rotatable bonds is 6. The molecule has 1 aromatic heterocycles. The fraction of sp³-hybridized carbons (Fsp3) is 0.545. The van der Waals surface area contributed by atoms with Gasteiger partial charge in [-0.1, -0.05) is 0 Å². The summed E-state index contributed by atoms with van der Waals surface area (Å²) in [5, 5.41) is 3.12. The minimum atomic E-state index is 0.257. The summed E-state index contributed by atoms with van der Waals surface area (Å²) in [4.78, 5) is 4.00. The van der Waals surface area contributed by atoms with Crippen molar-refractivity contribution in [1.82, 2.24) is 10.3 Å². The van der Waals surface area contributed by atoms with Gasteiger partial charge in [-0.25, -0.2) is 0 Å². The minimum absolute atomic E-state index is 0.257. The Kier molecular flexibility index (Phi) is 5.00. The molecule has 1 atom stereocenters. The monoisotopic (exact) mass is 194 g/mol. The van der Waals surface area contributed by atoms with Gasteiger partial charge >= 0.3 is 0 Å². The van der Waals surface area contributed by atoms with Gasteiger partial charge < -0.3 is 10.1 Å². The summed E-state index contributed by atoms with van der Waals surface area (Å²) >= 11 is 0. The van der Waals surface area contributed by atoms with Gasteiger partial charge in [0.2, 0.25) is 0 Å². The molecule has 1 rings (SSSR count). The first kappa shape index (κ1) is 11.0. The van der Waals surface area contributed by atoms with Gasteiger partial charge in [-0.15, -0.1) is 0 Å². The Morgan fingerprint density at radius 1 is 1.57 bits per heavy atom. The van der Waals surface area contributed by atoms with Crippen LogP contribution in [0.3, 0.4) is 0 Å². The molecule has 0 saturated carbocycles. The van der Waals surface area contributed by atoms with Gasteiger partial charge in [0.15, 0.2) is 0 Å². The Morgan fingerprint density at radius 2 is 2.43 bits per heavy atom. The molecule has 0 spiro atoms. The largest absolute Gasteiger partial charge is 0.489 e. The van der Waals surface area contributed by atoms with Crippen molar-refractivity contribution in [2.45, 2.75) is 25.9 Å². The number of nitrogens with zero attached hydrogens (tertiary/aromatic N) is 1. The number of hydrogen-bond acceptors (Lipinski definition) is 3. The molecule has 3 nitrogen and oxygen atoms in total. The Balaban J connectivity index is 2.23. The number of hydrogen-bond donors (Lipinski definition) is 1. The summed E-state index contributed by atoms with van der Waals surface area (Å²) < 4.78 is 5.67. The van der Waals surface area contributed by atoms with Crippen molar-refractivity contribution >= 4 is 0 Å². The van der Waals surface area contributed by atoms with E-state index in [1.165, 1.54) is 0 Å². The maximum absolute atomic E-state index is 5.67.